The zero-order valence-electron chi connectivity index (χ0n) is 20.7. The van der Waals surface area contributed by atoms with Gasteiger partial charge < -0.3 is 23.9 Å². The van der Waals surface area contributed by atoms with Crippen LogP contribution in [0.25, 0.3) is 10.9 Å². The molecule has 0 fully saturated rings. The van der Waals surface area contributed by atoms with Crippen LogP contribution in [-0.4, -0.2) is 43.9 Å². The van der Waals surface area contributed by atoms with Crippen molar-refractivity contribution in [2.45, 2.75) is 17.7 Å². The van der Waals surface area contributed by atoms with Gasteiger partial charge in [-0.3, -0.25) is 4.79 Å². The summed E-state index contributed by atoms with van der Waals surface area (Å²) < 4.78 is 46.7. The number of ether oxygens (including phenoxy) is 3. The average Bonchev–Trinajstić information content (AvgIpc) is 3.47. The monoisotopic (exact) mass is 536 g/mol. The summed E-state index contributed by atoms with van der Waals surface area (Å²) >= 11 is 0. The minimum Gasteiger partial charge on any atom is -0.495 e. The maximum atomic E-state index is 13.8. The van der Waals surface area contributed by atoms with Crippen LogP contribution in [-0.2, 0) is 21.9 Å². The van der Waals surface area contributed by atoms with E-state index in [1.807, 2.05) is 0 Å². The molecule has 11 heteroatoms. The molecule has 0 saturated heterocycles. The fraction of sp³-hybridized carbons (Fsp3) is 0.185. The molecule has 1 aliphatic rings. The van der Waals surface area contributed by atoms with Crippen molar-refractivity contribution in [2.75, 3.05) is 13.9 Å². The Labute approximate surface area is 218 Å². The number of fused-ring (bicyclic) bond motifs is 2. The second-order valence-corrected chi connectivity index (χ2v) is 10.6. The van der Waals surface area contributed by atoms with Crippen molar-refractivity contribution < 1.29 is 37.3 Å². The Balaban J connectivity index is 1.63. The number of nitrogens with one attached hydrogen (secondary N) is 1. The number of carboxylic acid groups (broad SMARTS) is 1. The minimum atomic E-state index is -4.32. The Hall–Kier alpha value is -4.51. The van der Waals surface area contributed by atoms with Gasteiger partial charge in [0.1, 0.15) is 10.6 Å². The number of rotatable bonds is 7. The average molecular weight is 537 g/mol. The van der Waals surface area contributed by atoms with Crippen LogP contribution in [0.15, 0.2) is 65.7 Å². The van der Waals surface area contributed by atoms with E-state index in [1.54, 1.807) is 61.1 Å². The number of hydrogen-bond donors (Lipinski definition) is 2. The van der Waals surface area contributed by atoms with E-state index in [0.717, 1.165) is 5.56 Å². The molecule has 0 aliphatic carbocycles. The number of carbonyl (C=O) groups excluding carboxylic acids is 1. The first-order chi connectivity index (χ1) is 18.1. The van der Waals surface area contributed by atoms with Crippen LogP contribution in [0.1, 0.15) is 33.0 Å². The van der Waals surface area contributed by atoms with Crippen LogP contribution in [0.5, 0.6) is 17.2 Å². The maximum absolute atomic E-state index is 13.8. The molecule has 3 aromatic carbocycles. The molecular weight excluding hydrogens is 512 g/mol. The normalized spacial score (nSPS) is 13.3. The van der Waals surface area contributed by atoms with Gasteiger partial charge in [-0.1, -0.05) is 18.2 Å². The number of sulfonamides is 1. The van der Waals surface area contributed by atoms with E-state index in [9.17, 15) is 23.1 Å². The number of amides is 1. The predicted molar refractivity (Wildman–Crippen MR) is 137 cm³/mol. The third-order valence-electron chi connectivity index (χ3n) is 6.42. The highest BCUT2D eigenvalue weighted by atomic mass is 32.2. The molecule has 0 saturated carbocycles. The van der Waals surface area contributed by atoms with Crippen LogP contribution >= 0.6 is 0 Å². The van der Waals surface area contributed by atoms with Crippen molar-refractivity contribution in [3.63, 3.8) is 0 Å². The Kier molecular flexibility index (Phi) is 6.23. The zero-order chi connectivity index (χ0) is 27.2. The van der Waals surface area contributed by atoms with Crippen molar-refractivity contribution in [3.8, 4) is 17.2 Å². The molecule has 38 heavy (non-hydrogen) atoms. The van der Waals surface area contributed by atoms with Crippen LogP contribution < -0.4 is 18.9 Å². The molecule has 0 bridgehead atoms. The third-order valence-corrected chi connectivity index (χ3v) is 7.80. The van der Waals surface area contributed by atoms with Gasteiger partial charge in [-0.2, -0.15) is 0 Å². The van der Waals surface area contributed by atoms with E-state index >= 15 is 0 Å². The third kappa shape index (κ3) is 4.41. The molecule has 5 rings (SSSR count). The SMILES string of the molecule is COc1cc(C)ccc1S(=O)(=O)NC(=O)[C@H](c1ccc2c(c1)OCO2)c1cn(C)c2cc(C(=O)O)ccc12. The molecule has 4 aromatic rings. The smallest absolute Gasteiger partial charge is 0.335 e. The van der Waals surface area contributed by atoms with Crippen molar-refractivity contribution in [3.05, 3.63) is 83.0 Å². The molecule has 1 atom stereocenters. The van der Waals surface area contributed by atoms with Crippen molar-refractivity contribution in [1.82, 2.24) is 9.29 Å². The molecule has 2 N–H and O–H groups in total. The lowest BCUT2D eigenvalue weighted by atomic mass is 9.90. The molecule has 196 valence electrons. The molecular formula is C27H24N2O8S. The summed E-state index contributed by atoms with van der Waals surface area (Å²) in [5, 5.41) is 10.0. The summed E-state index contributed by atoms with van der Waals surface area (Å²) in [5.74, 6) is -1.93. The van der Waals surface area contributed by atoms with Gasteiger partial charge in [0.15, 0.2) is 11.5 Å². The molecule has 0 unspecified atom stereocenters. The first kappa shape index (κ1) is 25.2. The topological polar surface area (TPSA) is 133 Å². The van der Waals surface area contributed by atoms with Crippen LogP contribution in [0.4, 0.5) is 0 Å². The van der Waals surface area contributed by atoms with Crippen molar-refractivity contribution in [1.29, 1.82) is 0 Å². The molecule has 1 aliphatic heterocycles. The molecule has 1 aromatic heterocycles. The second-order valence-electron chi connectivity index (χ2n) is 8.90. The fourth-order valence-corrected chi connectivity index (χ4v) is 5.73. The highest BCUT2D eigenvalue weighted by Crippen LogP contribution is 2.39. The maximum Gasteiger partial charge on any atom is 0.335 e. The van der Waals surface area contributed by atoms with Gasteiger partial charge in [-0.05, 0) is 60.0 Å². The van der Waals surface area contributed by atoms with Gasteiger partial charge in [0, 0.05) is 24.1 Å². The highest BCUT2D eigenvalue weighted by Gasteiger charge is 2.32. The van der Waals surface area contributed by atoms with E-state index in [0.29, 0.717) is 33.5 Å². The van der Waals surface area contributed by atoms with Gasteiger partial charge >= 0.3 is 5.97 Å². The van der Waals surface area contributed by atoms with E-state index in [-0.39, 0.29) is 23.0 Å². The highest BCUT2D eigenvalue weighted by molar-refractivity contribution is 7.90. The first-order valence-corrected chi connectivity index (χ1v) is 13.0. The quantitative estimate of drug-likeness (QED) is 0.366. The molecule has 2 heterocycles. The number of nitrogens with zero attached hydrogens (tertiary/aromatic N) is 1. The van der Waals surface area contributed by atoms with E-state index < -0.39 is 27.8 Å². The van der Waals surface area contributed by atoms with Crippen LogP contribution in [0.3, 0.4) is 0 Å². The summed E-state index contributed by atoms with van der Waals surface area (Å²) in [4.78, 5) is 25.2. The van der Waals surface area contributed by atoms with E-state index in [1.165, 1.54) is 25.3 Å². The Morgan fingerprint density at radius 3 is 2.55 bits per heavy atom. The number of aromatic nitrogens is 1. The minimum absolute atomic E-state index is 0.0312. The zero-order valence-corrected chi connectivity index (χ0v) is 21.5. The number of aromatic carboxylic acids is 1. The summed E-state index contributed by atoms with van der Waals surface area (Å²) in [7, 11) is -1.25. The van der Waals surface area contributed by atoms with Gasteiger partial charge in [0.25, 0.3) is 10.0 Å². The molecule has 1 amide bonds. The van der Waals surface area contributed by atoms with Gasteiger partial charge in [0.2, 0.25) is 12.7 Å². The lowest BCUT2D eigenvalue weighted by Crippen LogP contribution is -2.35. The van der Waals surface area contributed by atoms with E-state index in [2.05, 4.69) is 4.72 Å². The molecule has 0 radical (unpaired) electrons. The largest absolute Gasteiger partial charge is 0.495 e. The number of carboxylic acids is 1. The number of benzene rings is 3. The predicted octanol–water partition coefficient (Wildman–Crippen LogP) is 3.56. The summed E-state index contributed by atoms with van der Waals surface area (Å²) in [5.41, 5.74) is 2.40. The number of hydrogen-bond acceptors (Lipinski definition) is 7. The Morgan fingerprint density at radius 1 is 1.05 bits per heavy atom. The van der Waals surface area contributed by atoms with Crippen molar-refractivity contribution in [2.24, 2.45) is 7.05 Å². The van der Waals surface area contributed by atoms with Crippen LogP contribution in [0, 0.1) is 6.92 Å². The number of aryl methyl sites for hydroxylation is 2. The molecule has 0 spiro atoms. The van der Waals surface area contributed by atoms with Gasteiger partial charge in [0.05, 0.1) is 18.6 Å². The van der Waals surface area contributed by atoms with Crippen molar-refractivity contribution >= 4 is 32.8 Å². The van der Waals surface area contributed by atoms with Gasteiger partial charge in [-0.25, -0.2) is 17.9 Å². The fourth-order valence-electron chi connectivity index (χ4n) is 4.59. The number of carbonyl (C=O) groups is 2. The number of methoxy groups -OCH3 is 1. The second kappa shape index (κ2) is 9.42. The summed E-state index contributed by atoms with van der Waals surface area (Å²) in [6.07, 6.45) is 1.68. The lowest BCUT2D eigenvalue weighted by Gasteiger charge is -2.18. The Morgan fingerprint density at radius 2 is 1.82 bits per heavy atom. The standard InChI is InChI=1S/C27H24N2O8S/c1-15-4-9-24(23(10-15)35-3)38(33,34)28-26(30)25(16-6-8-21-22(12-16)37-14-36-21)19-13-29(2)20-11-17(27(31)32)5-7-18(19)20/h4-13,25H,14H2,1-3H3,(H,28,30)(H,31,32)/t25-/m1/s1. The van der Waals surface area contributed by atoms with Gasteiger partial charge in [-0.15, -0.1) is 0 Å². The Bertz CT molecular complexity index is 1710. The first-order valence-electron chi connectivity index (χ1n) is 11.5. The van der Waals surface area contributed by atoms with Crippen LogP contribution in [0.2, 0.25) is 0 Å². The summed E-state index contributed by atoms with van der Waals surface area (Å²) in [6.45, 7) is 1.83. The molecule has 10 nitrogen and oxygen atoms in total. The van der Waals surface area contributed by atoms with E-state index in [4.69, 9.17) is 14.2 Å². The summed E-state index contributed by atoms with van der Waals surface area (Å²) in [6, 6.07) is 14.1. The lowest BCUT2D eigenvalue weighted by molar-refractivity contribution is -0.119.